The van der Waals surface area contributed by atoms with Crippen molar-refractivity contribution in [2.45, 2.75) is 19.3 Å². The number of aromatic nitrogens is 1. The first-order valence-electron chi connectivity index (χ1n) is 8.46. The van der Waals surface area contributed by atoms with Crippen LogP contribution in [0, 0.1) is 0 Å². The Morgan fingerprint density at radius 1 is 1.25 bits per heavy atom. The number of nitrogens with zero attached hydrogens (tertiary/aromatic N) is 3. The van der Waals surface area contributed by atoms with Crippen LogP contribution >= 0.6 is 11.3 Å². The van der Waals surface area contributed by atoms with E-state index < -0.39 is 0 Å². The van der Waals surface area contributed by atoms with Crippen LogP contribution in [0.3, 0.4) is 0 Å². The van der Waals surface area contributed by atoms with Gasteiger partial charge in [0.2, 0.25) is 0 Å². The highest BCUT2D eigenvalue weighted by atomic mass is 32.1. The van der Waals surface area contributed by atoms with Gasteiger partial charge in [0, 0.05) is 44.3 Å². The average molecular weight is 344 g/mol. The number of hydrogen-bond acceptors (Lipinski definition) is 4. The van der Waals surface area contributed by atoms with E-state index in [0.717, 1.165) is 37.7 Å². The van der Waals surface area contributed by atoms with Crippen LogP contribution in [0.5, 0.6) is 0 Å². The molecule has 5 nitrogen and oxygen atoms in total. The standard InChI is InChI=1S/C18H24N4OS/c1-15(16-6-3-2-4-7-16)14-20-17(23)21-9-5-10-22(12-11-21)18-19-8-13-24-18/h2-4,6-8,13,15H,5,9-12,14H2,1H3,(H,20,23)/t15-/m1/s1. The number of anilines is 1. The van der Waals surface area contributed by atoms with Gasteiger partial charge in [0.1, 0.15) is 0 Å². The minimum absolute atomic E-state index is 0.0405. The fourth-order valence-electron chi connectivity index (χ4n) is 2.94. The smallest absolute Gasteiger partial charge is 0.317 e. The van der Waals surface area contributed by atoms with Crippen LogP contribution in [0.25, 0.3) is 0 Å². The molecule has 0 unspecified atom stereocenters. The summed E-state index contributed by atoms with van der Waals surface area (Å²) >= 11 is 1.66. The maximum Gasteiger partial charge on any atom is 0.317 e. The molecule has 1 aromatic carbocycles. The van der Waals surface area contributed by atoms with Gasteiger partial charge in [-0.3, -0.25) is 0 Å². The van der Waals surface area contributed by atoms with Gasteiger partial charge in [-0.1, -0.05) is 37.3 Å². The Labute approximate surface area is 147 Å². The van der Waals surface area contributed by atoms with Crippen molar-refractivity contribution in [2.24, 2.45) is 0 Å². The van der Waals surface area contributed by atoms with Crippen LogP contribution in [0.1, 0.15) is 24.8 Å². The van der Waals surface area contributed by atoms with Crippen molar-refractivity contribution in [1.29, 1.82) is 0 Å². The van der Waals surface area contributed by atoms with E-state index in [2.05, 4.69) is 34.3 Å². The van der Waals surface area contributed by atoms with E-state index >= 15 is 0 Å². The van der Waals surface area contributed by atoms with Crippen molar-refractivity contribution in [3.05, 3.63) is 47.5 Å². The van der Waals surface area contributed by atoms with Gasteiger partial charge in [-0.2, -0.15) is 0 Å². The third-order valence-corrected chi connectivity index (χ3v) is 5.23. The summed E-state index contributed by atoms with van der Waals surface area (Å²) in [6, 6.07) is 10.3. The molecule has 128 valence electrons. The lowest BCUT2D eigenvalue weighted by Gasteiger charge is -2.23. The second kappa shape index (κ2) is 8.15. The van der Waals surface area contributed by atoms with Gasteiger partial charge in [0.05, 0.1) is 0 Å². The molecule has 0 saturated carbocycles. The molecule has 1 N–H and O–H groups in total. The lowest BCUT2D eigenvalue weighted by molar-refractivity contribution is 0.201. The molecule has 2 heterocycles. The lowest BCUT2D eigenvalue weighted by atomic mass is 10.0. The summed E-state index contributed by atoms with van der Waals surface area (Å²) in [5, 5.41) is 6.13. The van der Waals surface area contributed by atoms with Gasteiger partial charge in [0.25, 0.3) is 0 Å². The molecule has 0 spiro atoms. The zero-order valence-corrected chi connectivity index (χ0v) is 14.8. The molecule has 0 aliphatic carbocycles. The number of carbonyl (C=O) groups is 1. The molecule has 1 aliphatic rings. The maximum absolute atomic E-state index is 12.5. The van der Waals surface area contributed by atoms with Crippen LogP contribution in [0.15, 0.2) is 41.9 Å². The topological polar surface area (TPSA) is 48.5 Å². The number of urea groups is 1. The number of benzene rings is 1. The minimum Gasteiger partial charge on any atom is -0.346 e. The molecule has 1 aromatic heterocycles. The Kier molecular flexibility index (Phi) is 5.69. The van der Waals surface area contributed by atoms with Crippen molar-refractivity contribution in [3.8, 4) is 0 Å². The molecule has 2 amide bonds. The second-order valence-electron chi connectivity index (χ2n) is 6.14. The molecular weight excluding hydrogens is 320 g/mol. The monoisotopic (exact) mass is 344 g/mol. The molecule has 1 fully saturated rings. The zero-order chi connectivity index (χ0) is 16.8. The third-order valence-electron chi connectivity index (χ3n) is 4.40. The molecule has 1 atom stereocenters. The number of nitrogens with one attached hydrogen (secondary N) is 1. The van der Waals surface area contributed by atoms with Crippen molar-refractivity contribution in [1.82, 2.24) is 15.2 Å². The summed E-state index contributed by atoms with van der Waals surface area (Å²) in [6.07, 6.45) is 2.81. The summed E-state index contributed by atoms with van der Waals surface area (Å²) in [6.45, 7) is 6.14. The third kappa shape index (κ3) is 4.26. The van der Waals surface area contributed by atoms with Gasteiger partial charge in [-0.25, -0.2) is 9.78 Å². The van der Waals surface area contributed by atoms with Crippen molar-refractivity contribution in [2.75, 3.05) is 37.6 Å². The van der Waals surface area contributed by atoms with Gasteiger partial charge in [0.15, 0.2) is 5.13 Å². The van der Waals surface area contributed by atoms with Crippen LogP contribution in [0.4, 0.5) is 9.93 Å². The van der Waals surface area contributed by atoms with Gasteiger partial charge in [-0.15, -0.1) is 11.3 Å². The van der Waals surface area contributed by atoms with E-state index in [1.807, 2.05) is 34.7 Å². The van der Waals surface area contributed by atoms with Crippen molar-refractivity contribution in [3.63, 3.8) is 0 Å². The number of carbonyl (C=O) groups excluding carboxylic acids is 1. The summed E-state index contributed by atoms with van der Waals surface area (Å²) < 4.78 is 0. The summed E-state index contributed by atoms with van der Waals surface area (Å²) in [5.74, 6) is 0.314. The first kappa shape index (κ1) is 16.8. The molecular formula is C18H24N4OS. The largest absolute Gasteiger partial charge is 0.346 e. The predicted octanol–water partition coefficient (Wildman–Crippen LogP) is 3.17. The quantitative estimate of drug-likeness (QED) is 0.927. The highest BCUT2D eigenvalue weighted by Crippen LogP contribution is 2.19. The van der Waals surface area contributed by atoms with E-state index in [0.29, 0.717) is 12.5 Å². The summed E-state index contributed by atoms with van der Waals surface area (Å²) in [4.78, 5) is 21.0. The minimum atomic E-state index is 0.0405. The average Bonchev–Trinajstić information content (AvgIpc) is 3.04. The second-order valence-corrected chi connectivity index (χ2v) is 7.01. The van der Waals surface area contributed by atoms with Crippen LogP contribution in [-0.4, -0.2) is 48.6 Å². The number of hydrogen-bond donors (Lipinski definition) is 1. The highest BCUT2D eigenvalue weighted by Gasteiger charge is 2.20. The fourth-order valence-corrected chi connectivity index (χ4v) is 3.63. The van der Waals surface area contributed by atoms with Crippen molar-refractivity contribution < 1.29 is 4.79 Å². The lowest BCUT2D eigenvalue weighted by Crippen LogP contribution is -2.43. The van der Waals surface area contributed by atoms with Crippen LogP contribution in [-0.2, 0) is 0 Å². The van der Waals surface area contributed by atoms with Crippen LogP contribution in [0.2, 0.25) is 0 Å². The molecule has 1 aliphatic heterocycles. The zero-order valence-electron chi connectivity index (χ0n) is 14.0. The van der Waals surface area contributed by atoms with E-state index in [4.69, 9.17) is 0 Å². The van der Waals surface area contributed by atoms with E-state index in [-0.39, 0.29) is 6.03 Å². The van der Waals surface area contributed by atoms with Gasteiger partial charge in [-0.05, 0) is 17.9 Å². The number of thiazole rings is 1. The van der Waals surface area contributed by atoms with E-state index in [9.17, 15) is 4.79 Å². The Hall–Kier alpha value is -2.08. The summed E-state index contributed by atoms with van der Waals surface area (Å²) in [5.41, 5.74) is 1.25. The molecule has 2 aromatic rings. The Morgan fingerprint density at radius 3 is 2.83 bits per heavy atom. The van der Waals surface area contributed by atoms with E-state index in [1.54, 1.807) is 11.3 Å². The van der Waals surface area contributed by atoms with E-state index in [1.165, 1.54) is 5.56 Å². The Balaban J connectivity index is 1.48. The van der Waals surface area contributed by atoms with Gasteiger partial charge < -0.3 is 15.1 Å². The molecule has 1 saturated heterocycles. The first-order chi connectivity index (χ1) is 11.7. The number of rotatable bonds is 4. The molecule has 24 heavy (non-hydrogen) atoms. The SMILES string of the molecule is C[C@H](CNC(=O)N1CCCN(c2nccs2)CC1)c1ccccc1. The molecule has 6 heteroatoms. The highest BCUT2D eigenvalue weighted by molar-refractivity contribution is 7.13. The normalized spacial score (nSPS) is 16.5. The number of amides is 2. The van der Waals surface area contributed by atoms with Gasteiger partial charge >= 0.3 is 6.03 Å². The Morgan fingerprint density at radius 2 is 2.08 bits per heavy atom. The maximum atomic E-state index is 12.5. The molecule has 3 rings (SSSR count). The first-order valence-corrected chi connectivity index (χ1v) is 9.34. The Bertz CT molecular complexity index is 632. The molecule has 0 radical (unpaired) electrons. The van der Waals surface area contributed by atoms with Crippen LogP contribution < -0.4 is 10.2 Å². The van der Waals surface area contributed by atoms with Crippen molar-refractivity contribution >= 4 is 22.5 Å². The predicted molar refractivity (Wildman–Crippen MR) is 98.8 cm³/mol. The fraction of sp³-hybridized carbons (Fsp3) is 0.444. The molecule has 0 bridgehead atoms. The summed E-state index contributed by atoms with van der Waals surface area (Å²) in [7, 11) is 0.